The normalized spacial score (nSPS) is 12.3. The Hall–Kier alpha value is -2.85. The Morgan fingerprint density at radius 1 is 1.04 bits per heavy atom. The van der Waals surface area contributed by atoms with Crippen LogP contribution in [0.15, 0.2) is 63.9 Å². The summed E-state index contributed by atoms with van der Waals surface area (Å²) in [6.45, 7) is -1.67. The van der Waals surface area contributed by atoms with Crippen LogP contribution in [0.5, 0.6) is 0 Å². The molecule has 1 heterocycles. The zero-order valence-corrected chi connectivity index (χ0v) is 14.4. The summed E-state index contributed by atoms with van der Waals surface area (Å²) in [6.07, 6.45) is -4.66. The van der Waals surface area contributed by atoms with Crippen molar-refractivity contribution in [2.24, 2.45) is 0 Å². The molecule has 0 bridgehead atoms. The van der Waals surface area contributed by atoms with Crippen molar-refractivity contribution in [3.63, 3.8) is 0 Å². The number of nitrogens with one attached hydrogen (secondary N) is 2. The maximum Gasteiger partial charge on any atom is 0.402 e. The van der Waals surface area contributed by atoms with Crippen LogP contribution >= 0.6 is 0 Å². The molecule has 27 heavy (non-hydrogen) atoms. The molecule has 0 atom stereocenters. The van der Waals surface area contributed by atoms with E-state index in [1.54, 1.807) is 30.3 Å². The number of amides is 1. The number of rotatable bonds is 5. The van der Waals surface area contributed by atoms with Gasteiger partial charge in [-0.2, -0.15) is 13.2 Å². The number of alkyl halides is 3. The number of para-hydroxylation sites is 1. The van der Waals surface area contributed by atoms with Gasteiger partial charge in [-0.25, -0.2) is 13.1 Å². The average Bonchev–Trinajstić information content (AvgIpc) is 3.04. The smallest absolute Gasteiger partial charge is 0.402 e. The summed E-state index contributed by atoms with van der Waals surface area (Å²) in [5, 5.41) is 3.28. The first-order valence-corrected chi connectivity index (χ1v) is 9.09. The van der Waals surface area contributed by atoms with Gasteiger partial charge >= 0.3 is 6.18 Å². The standard InChI is InChI=1S/C17H13F3N2O4S/c18-17(19,20)10-21-27(24,25)13-7-5-12(6-8-13)22-16(23)15-9-11-3-1-2-4-14(11)26-15/h1-9,21H,10H2,(H,22,23). The van der Waals surface area contributed by atoms with Gasteiger partial charge in [0.2, 0.25) is 10.0 Å². The average molecular weight is 398 g/mol. The highest BCUT2D eigenvalue weighted by Gasteiger charge is 2.30. The second kappa shape index (κ2) is 7.05. The van der Waals surface area contributed by atoms with E-state index < -0.39 is 28.7 Å². The van der Waals surface area contributed by atoms with E-state index in [4.69, 9.17) is 4.42 Å². The van der Waals surface area contributed by atoms with Crippen molar-refractivity contribution in [1.82, 2.24) is 4.72 Å². The number of carbonyl (C=O) groups is 1. The van der Waals surface area contributed by atoms with Gasteiger partial charge in [0.05, 0.1) is 4.90 Å². The molecule has 3 rings (SSSR count). The molecule has 3 aromatic rings. The Kier molecular flexibility index (Phi) is 4.94. The van der Waals surface area contributed by atoms with Crippen LogP contribution in [-0.4, -0.2) is 27.0 Å². The van der Waals surface area contributed by atoms with E-state index in [9.17, 15) is 26.4 Å². The van der Waals surface area contributed by atoms with Crippen LogP contribution in [0.1, 0.15) is 10.6 Å². The van der Waals surface area contributed by atoms with Crippen LogP contribution in [0.25, 0.3) is 11.0 Å². The first-order valence-electron chi connectivity index (χ1n) is 7.60. The van der Waals surface area contributed by atoms with Crippen LogP contribution in [0.2, 0.25) is 0 Å². The Bertz CT molecular complexity index is 1040. The number of sulfonamides is 1. The number of hydrogen-bond acceptors (Lipinski definition) is 4. The lowest BCUT2D eigenvalue weighted by Crippen LogP contribution is -2.33. The van der Waals surface area contributed by atoms with E-state index in [-0.39, 0.29) is 16.3 Å². The maximum absolute atomic E-state index is 12.2. The van der Waals surface area contributed by atoms with E-state index in [0.29, 0.717) is 5.58 Å². The number of anilines is 1. The topological polar surface area (TPSA) is 88.4 Å². The summed E-state index contributed by atoms with van der Waals surface area (Å²) >= 11 is 0. The fraction of sp³-hybridized carbons (Fsp3) is 0.118. The van der Waals surface area contributed by atoms with Crippen molar-refractivity contribution in [2.75, 3.05) is 11.9 Å². The van der Waals surface area contributed by atoms with E-state index in [1.165, 1.54) is 16.9 Å². The Labute approximate surface area is 152 Å². The highest BCUT2D eigenvalue weighted by atomic mass is 32.2. The molecular formula is C17H13F3N2O4S. The van der Waals surface area contributed by atoms with Gasteiger partial charge in [0.25, 0.3) is 5.91 Å². The minimum Gasteiger partial charge on any atom is -0.451 e. The number of fused-ring (bicyclic) bond motifs is 1. The molecule has 6 nitrogen and oxygen atoms in total. The lowest BCUT2D eigenvalue weighted by atomic mass is 10.2. The number of benzene rings is 2. The molecule has 142 valence electrons. The number of halogens is 3. The van der Waals surface area contributed by atoms with Crippen LogP contribution in [-0.2, 0) is 10.0 Å². The van der Waals surface area contributed by atoms with Crippen molar-refractivity contribution < 1.29 is 30.8 Å². The molecule has 1 amide bonds. The largest absolute Gasteiger partial charge is 0.451 e. The van der Waals surface area contributed by atoms with Crippen molar-refractivity contribution in [3.05, 3.63) is 60.4 Å². The lowest BCUT2D eigenvalue weighted by Gasteiger charge is -2.10. The molecule has 2 aromatic carbocycles. The van der Waals surface area contributed by atoms with Gasteiger partial charge in [-0.3, -0.25) is 4.79 Å². The van der Waals surface area contributed by atoms with Crippen molar-refractivity contribution in [2.45, 2.75) is 11.1 Å². The molecule has 0 aliphatic carbocycles. The maximum atomic E-state index is 12.2. The fourth-order valence-corrected chi connectivity index (χ4v) is 3.28. The van der Waals surface area contributed by atoms with Gasteiger partial charge in [-0.15, -0.1) is 0 Å². The molecule has 0 saturated heterocycles. The minimum atomic E-state index is -4.66. The molecule has 0 saturated carbocycles. The minimum absolute atomic E-state index is 0.0692. The molecule has 0 aliphatic heterocycles. The SMILES string of the molecule is O=C(Nc1ccc(S(=O)(=O)NCC(F)(F)F)cc1)c1cc2ccccc2o1. The molecule has 0 unspecified atom stereocenters. The quantitative estimate of drug-likeness (QED) is 0.688. The third-order valence-electron chi connectivity index (χ3n) is 3.53. The second-order valence-corrected chi connectivity index (χ2v) is 7.33. The second-order valence-electron chi connectivity index (χ2n) is 5.57. The van der Waals surface area contributed by atoms with Crippen molar-refractivity contribution in [1.29, 1.82) is 0 Å². The first kappa shape index (κ1) is 18.9. The van der Waals surface area contributed by atoms with Gasteiger partial charge < -0.3 is 9.73 Å². The molecule has 0 spiro atoms. The van der Waals surface area contributed by atoms with Gasteiger partial charge in [0.15, 0.2) is 5.76 Å². The van der Waals surface area contributed by atoms with Crippen LogP contribution in [0, 0.1) is 0 Å². The highest BCUT2D eigenvalue weighted by Crippen LogP contribution is 2.21. The van der Waals surface area contributed by atoms with Crippen LogP contribution in [0.4, 0.5) is 18.9 Å². The predicted octanol–water partition coefficient (Wildman–Crippen LogP) is 3.53. The van der Waals surface area contributed by atoms with Crippen molar-refractivity contribution in [3.8, 4) is 0 Å². The predicted molar refractivity (Wildman–Crippen MR) is 91.9 cm³/mol. The summed E-state index contributed by atoms with van der Waals surface area (Å²) in [5.41, 5.74) is 0.801. The Morgan fingerprint density at radius 2 is 1.70 bits per heavy atom. The molecule has 0 aliphatic rings. The van der Waals surface area contributed by atoms with Gasteiger partial charge in [-0.1, -0.05) is 18.2 Å². The number of carbonyl (C=O) groups excluding carboxylic acids is 1. The third kappa shape index (κ3) is 4.66. The number of hydrogen-bond donors (Lipinski definition) is 2. The van der Waals surface area contributed by atoms with E-state index in [2.05, 4.69) is 5.32 Å². The van der Waals surface area contributed by atoms with Gasteiger partial charge in [-0.05, 0) is 36.4 Å². The molecule has 0 fully saturated rings. The summed E-state index contributed by atoms with van der Waals surface area (Å²) in [4.78, 5) is 11.9. The van der Waals surface area contributed by atoms with Gasteiger partial charge in [0.1, 0.15) is 12.1 Å². The molecule has 1 aromatic heterocycles. The van der Waals surface area contributed by atoms with E-state index in [1.807, 2.05) is 0 Å². The number of furan rings is 1. The third-order valence-corrected chi connectivity index (χ3v) is 4.95. The molecular weight excluding hydrogens is 385 g/mol. The Balaban J connectivity index is 1.70. The van der Waals surface area contributed by atoms with Crippen LogP contribution < -0.4 is 10.0 Å². The van der Waals surface area contributed by atoms with Crippen LogP contribution in [0.3, 0.4) is 0 Å². The molecule has 10 heteroatoms. The summed E-state index contributed by atoms with van der Waals surface area (Å²) < 4.78 is 67.0. The fourth-order valence-electron chi connectivity index (χ4n) is 2.26. The summed E-state index contributed by atoms with van der Waals surface area (Å²) in [5.74, 6) is -0.475. The first-order chi connectivity index (χ1) is 12.6. The summed E-state index contributed by atoms with van der Waals surface area (Å²) in [6, 6.07) is 13.3. The molecule has 2 N–H and O–H groups in total. The summed E-state index contributed by atoms with van der Waals surface area (Å²) in [7, 11) is -4.31. The lowest BCUT2D eigenvalue weighted by molar-refractivity contribution is -0.121. The zero-order chi connectivity index (χ0) is 19.7. The zero-order valence-electron chi connectivity index (χ0n) is 13.6. The van der Waals surface area contributed by atoms with Gasteiger partial charge in [0, 0.05) is 11.1 Å². The van der Waals surface area contributed by atoms with Crippen molar-refractivity contribution >= 4 is 32.6 Å². The monoisotopic (exact) mass is 398 g/mol. The van der Waals surface area contributed by atoms with E-state index >= 15 is 0 Å². The van der Waals surface area contributed by atoms with E-state index in [0.717, 1.165) is 17.5 Å². The molecule has 0 radical (unpaired) electrons. The highest BCUT2D eigenvalue weighted by molar-refractivity contribution is 7.89. The Morgan fingerprint density at radius 3 is 2.33 bits per heavy atom.